The second-order valence-electron chi connectivity index (χ2n) is 8.17. The van der Waals surface area contributed by atoms with Crippen LogP contribution in [0.25, 0.3) is 0 Å². The highest BCUT2D eigenvalue weighted by Crippen LogP contribution is 2.28. The number of amides is 1. The summed E-state index contributed by atoms with van der Waals surface area (Å²) in [5, 5.41) is 2.95. The molecule has 0 bridgehead atoms. The first kappa shape index (κ1) is 22.2. The van der Waals surface area contributed by atoms with Gasteiger partial charge in [0.15, 0.2) is 0 Å². The van der Waals surface area contributed by atoms with E-state index in [0.29, 0.717) is 18.7 Å². The van der Waals surface area contributed by atoms with Gasteiger partial charge in [0.2, 0.25) is 15.9 Å². The smallest absolute Gasteiger partial charge is 0.243 e. The Hall–Kier alpha value is -3.00. The zero-order valence-electron chi connectivity index (χ0n) is 18.0. The average molecular weight is 450 g/mol. The van der Waals surface area contributed by atoms with E-state index in [4.69, 9.17) is 5.73 Å². The molecule has 0 spiro atoms. The lowest BCUT2D eigenvalue weighted by Crippen LogP contribution is -2.38. The Morgan fingerprint density at radius 2 is 1.75 bits per heavy atom. The fourth-order valence-electron chi connectivity index (χ4n) is 3.98. The Labute approximate surface area is 189 Å². The quantitative estimate of drug-likeness (QED) is 0.624. The van der Waals surface area contributed by atoms with Gasteiger partial charge < -0.3 is 11.1 Å². The summed E-state index contributed by atoms with van der Waals surface area (Å²) in [6, 6.07) is 21.9. The molecule has 1 aliphatic heterocycles. The summed E-state index contributed by atoms with van der Waals surface area (Å²) >= 11 is 0. The highest BCUT2D eigenvalue weighted by molar-refractivity contribution is 7.89. The monoisotopic (exact) mass is 449 g/mol. The van der Waals surface area contributed by atoms with Gasteiger partial charge in [0.25, 0.3) is 0 Å². The molecule has 1 atom stereocenters. The van der Waals surface area contributed by atoms with E-state index in [1.54, 1.807) is 24.3 Å². The molecular weight excluding hydrogens is 422 g/mol. The van der Waals surface area contributed by atoms with Crippen molar-refractivity contribution in [2.24, 2.45) is 11.7 Å². The molecule has 3 N–H and O–H groups in total. The first-order valence-corrected chi connectivity index (χ1v) is 12.0. The number of carbonyl (C=O) groups is 1. The van der Waals surface area contributed by atoms with Crippen molar-refractivity contribution in [1.29, 1.82) is 0 Å². The molecule has 6 nitrogen and oxygen atoms in total. The van der Waals surface area contributed by atoms with Crippen LogP contribution in [-0.4, -0.2) is 25.2 Å². The minimum Gasteiger partial charge on any atom is -0.326 e. The van der Waals surface area contributed by atoms with Crippen LogP contribution in [0.1, 0.15) is 22.3 Å². The number of sulfonamides is 1. The van der Waals surface area contributed by atoms with Crippen molar-refractivity contribution < 1.29 is 13.2 Å². The van der Waals surface area contributed by atoms with E-state index >= 15 is 0 Å². The first-order chi connectivity index (χ1) is 15.4. The maximum Gasteiger partial charge on any atom is 0.243 e. The number of carbonyl (C=O) groups excluding carboxylic acids is 1. The number of aryl methyl sites for hydroxylation is 1. The molecular formula is C25H27N3O3S. The predicted octanol–water partition coefficient (Wildman–Crippen LogP) is 3.46. The third-order valence-electron chi connectivity index (χ3n) is 5.82. The van der Waals surface area contributed by atoms with Gasteiger partial charge in [-0.1, -0.05) is 54.1 Å². The van der Waals surface area contributed by atoms with Gasteiger partial charge in [-0.15, -0.1) is 0 Å². The van der Waals surface area contributed by atoms with Crippen molar-refractivity contribution in [3.8, 4) is 0 Å². The second kappa shape index (κ2) is 9.24. The lowest BCUT2D eigenvalue weighted by atomic mass is 9.96. The summed E-state index contributed by atoms with van der Waals surface area (Å²) in [6.07, 6.45) is 0.471. The van der Waals surface area contributed by atoms with Gasteiger partial charge in [-0.05, 0) is 54.3 Å². The fourth-order valence-corrected chi connectivity index (χ4v) is 5.44. The molecule has 0 aromatic heterocycles. The molecule has 7 heteroatoms. The number of hydrogen-bond donors (Lipinski definition) is 2. The van der Waals surface area contributed by atoms with Gasteiger partial charge >= 0.3 is 0 Å². The van der Waals surface area contributed by atoms with Crippen LogP contribution in [0.5, 0.6) is 0 Å². The number of nitrogens with one attached hydrogen (secondary N) is 1. The van der Waals surface area contributed by atoms with Crippen LogP contribution in [0.3, 0.4) is 0 Å². The molecule has 4 rings (SSSR count). The Bertz CT molecular complexity index is 1220. The van der Waals surface area contributed by atoms with Crippen molar-refractivity contribution in [2.45, 2.75) is 31.3 Å². The Morgan fingerprint density at radius 1 is 1.03 bits per heavy atom. The summed E-state index contributed by atoms with van der Waals surface area (Å²) in [6.45, 7) is 2.63. The van der Waals surface area contributed by atoms with Crippen LogP contribution in [0.15, 0.2) is 77.7 Å². The van der Waals surface area contributed by atoms with Gasteiger partial charge in [0, 0.05) is 25.3 Å². The van der Waals surface area contributed by atoms with Crippen LogP contribution in [-0.2, 0) is 34.3 Å². The summed E-state index contributed by atoms with van der Waals surface area (Å²) in [5.74, 6) is -0.736. The van der Waals surface area contributed by atoms with Crippen LogP contribution < -0.4 is 11.1 Å². The summed E-state index contributed by atoms with van der Waals surface area (Å²) in [4.78, 5) is 13.5. The molecule has 1 amide bonds. The van der Waals surface area contributed by atoms with E-state index in [1.165, 1.54) is 4.31 Å². The van der Waals surface area contributed by atoms with Gasteiger partial charge in [-0.3, -0.25) is 4.79 Å². The molecule has 1 aliphatic rings. The molecule has 0 radical (unpaired) electrons. The lowest BCUT2D eigenvalue weighted by Gasteiger charge is -2.24. The zero-order chi connectivity index (χ0) is 22.7. The number of anilines is 1. The van der Waals surface area contributed by atoms with Gasteiger partial charge in [-0.2, -0.15) is 4.31 Å². The number of nitrogens with two attached hydrogens (primary N) is 1. The van der Waals surface area contributed by atoms with Crippen LogP contribution >= 0.6 is 0 Å². The molecule has 0 unspecified atom stereocenters. The van der Waals surface area contributed by atoms with E-state index in [2.05, 4.69) is 5.32 Å². The minimum absolute atomic E-state index is 0.104. The fraction of sp³-hybridized carbons (Fsp3) is 0.240. The number of fused-ring (bicyclic) bond motifs is 1. The molecule has 0 aliphatic carbocycles. The standard InChI is InChI=1S/C25H27N3O3S/c1-18-9-11-24(12-10-18)32(30,31)28-16-21-7-3-2-6-20(21)14-22(17-28)25(29)27-23-8-4-5-19(13-23)15-26/h2-13,22H,14-17,26H2,1H3,(H,27,29)/t22-/m1/s1. The molecule has 3 aromatic carbocycles. The molecule has 166 valence electrons. The largest absolute Gasteiger partial charge is 0.326 e. The molecule has 1 heterocycles. The highest BCUT2D eigenvalue weighted by atomic mass is 32.2. The lowest BCUT2D eigenvalue weighted by molar-refractivity contribution is -0.120. The van der Waals surface area contributed by atoms with Crippen molar-refractivity contribution in [3.63, 3.8) is 0 Å². The average Bonchev–Trinajstić information content (AvgIpc) is 3.00. The van der Waals surface area contributed by atoms with Crippen LogP contribution in [0.4, 0.5) is 5.69 Å². The number of nitrogens with zero attached hydrogens (tertiary/aromatic N) is 1. The van der Waals surface area contributed by atoms with Crippen LogP contribution in [0, 0.1) is 12.8 Å². The van der Waals surface area contributed by atoms with Crippen molar-refractivity contribution in [1.82, 2.24) is 4.31 Å². The minimum atomic E-state index is -3.76. The van der Waals surface area contributed by atoms with Crippen molar-refractivity contribution in [3.05, 3.63) is 95.1 Å². The summed E-state index contributed by atoms with van der Waals surface area (Å²) in [7, 11) is -3.76. The summed E-state index contributed by atoms with van der Waals surface area (Å²) in [5.41, 5.74) is 10.2. The number of rotatable bonds is 5. The van der Waals surface area contributed by atoms with E-state index in [0.717, 1.165) is 22.3 Å². The van der Waals surface area contributed by atoms with E-state index in [1.807, 2.05) is 55.5 Å². The maximum absolute atomic E-state index is 13.5. The van der Waals surface area contributed by atoms with Crippen molar-refractivity contribution >= 4 is 21.6 Å². The third kappa shape index (κ3) is 4.75. The van der Waals surface area contributed by atoms with Gasteiger partial charge in [0.05, 0.1) is 10.8 Å². The van der Waals surface area contributed by atoms with Gasteiger partial charge in [0.1, 0.15) is 0 Å². The second-order valence-corrected chi connectivity index (χ2v) is 10.1. The Morgan fingerprint density at radius 3 is 2.47 bits per heavy atom. The third-order valence-corrected chi connectivity index (χ3v) is 7.64. The summed E-state index contributed by atoms with van der Waals surface area (Å²) < 4.78 is 28.3. The molecule has 0 fully saturated rings. The van der Waals surface area contributed by atoms with E-state index in [9.17, 15) is 13.2 Å². The molecule has 3 aromatic rings. The predicted molar refractivity (Wildman–Crippen MR) is 125 cm³/mol. The van der Waals surface area contributed by atoms with E-state index in [-0.39, 0.29) is 23.9 Å². The SMILES string of the molecule is Cc1ccc(S(=O)(=O)N2Cc3ccccc3C[C@@H](C(=O)Nc3cccc(CN)c3)C2)cc1. The van der Waals surface area contributed by atoms with Crippen LogP contribution in [0.2, 0.25) is 0 Å². The topological polar surface area (TPSA) is 92.5 Å². The van der Waals surface area contributed by atoms with Gasteiger partial charge in [-0.25, -0.2) is 8.42 Å². The van der Waals surface area contributed by atoms with Crippen molar-refractivity contribution in [2.75, 3.05) is 11.9 Å². The Balaban J connectivity index is 1.65. The molecule has 32 heavy (non-hydrogen) atoms. The Kier molecular flexibility index (Phi) is 6.41. The zero-order valence-corrected chi connectivity index (χ0v) is 18.8. The normalized spacial score (nSPS) is 16.8. The molecule has 0 saturated heterocycles. The number of benzene rings is 3. The molecule has 0 saturated carbocycles. The number of hydrogen-bond acceptors (Lipinski definition) is 4. The maximum atomic E-state index is 13.5. The van der Waals surface area contributed by atoms with E-state index < -0.39 is 15.9 Å². The first-order valence-electron chi connectivity index (χ1n) is 10.6. The highest BCUT2D eigenvalue weighted by Gasteiger charge is 2.33.